The number of benzene rings is 1. The van der Waals surface area contributed by atoms with E-state index in [4.69, 9.17) is 5.73 Å². The lowest BCUT2D eigenvalue weighted by molar-refractivity contribution is -0.123. The molecule has 0 aliphatic rings. The topological polar surface area (TPSA) is 72.9 Å². The van der Waals surface area contributed by atoms with Gasteiger partial charge in [-0.2, -0.15) is 0 Å². The Morgan fingerprint density at radius 2 is 2.15 bits per heavy atom. The molecule has 0 saturated carbocycles. The van der Waals surface area contributed by atoms with Crippen molar-refractivity contribution >= 4 is 11.6 Å². The zero-order valence-corrected chi connectivity index (χ0v) is 12.1. The van der Waals surface area contributed by atoms with Crippen LogP contribution < -0.4 is 11.1 Å². The van der Waals surface area contributed by atoms with Crippen LogP contribution in [0.3, 0.4) is 0 Å². The molecule has 1 aromatic carbocycles. The molecule has 0 saturated heterocycles. The number of nitrogens with two attached hydrogens (primary N) is 1. The predicted octanol–water partition coefficient (Wildman–Crippen LogP) is 2.05. The van der Waals surface area contributed by atoms with E-state index in [-0.39, 0.29) is 18.0 Å². The predicted molar refractivity (Wildman–Crippen MR) is 80.0 cm³/mol. The van der Waals surface area contributed by atoms with Crippen molar-refractivity contribution in [2.75, 3.05) is 5.73 Å². The third-order valence-corrected chi connectivity index (χ3v) is 2.69. The minimum Gasteiger partial charge on any atom is -0.399 e. The molecule has 0 aliphatic heterocycles. The first-order valence-electron chi connectivity index (χ1n) is 6.53. The van der Waals surface area contributed by atoms with E-state index in [1.54, 1.807) is 12.4 Å². The Kier molecular flexibility index (Phi) is 3.79. The standard InChI is InChI=1S/C15H20N4O/c1-15(2,3)18-13(20)10-19-8-7-17-14(19)11-5-4-6-12(16)9-11/h4-9H,10,16H2,1-3H3,(H,18,20). The van der Waals surface area contributed by atoms with E-state index < -0.39 is 0 Å². The summed E-state index contributed by atoms with van der Waals surface area (Å²) >= 11 is 0. The largest absolute Gasteiger partial charge is 0.399 e. The van der Waals surface area contributed by atoms with Gasteiger partial charge in [-0.05, 0) is 32.9 Å². The summed E-state index contributed by atoms with van der Waals surface area (Å²) in [6, 6.07) is 7.47. The lowest BCUT2D eigenvalue weighted by Gasteiger charge is -2.21. The van der Waals surface area contributed by atoms with Gasteiger partial charge in [-0.3, -0.25) is 4.79 Å². The Morgan fingerprint density at radius 3 is 2.80 bits per heavy atom. The van der Waals surface area contributed by atoms with E-state index in [0.29, 0.717) is 5.69 Å². The first-order valence-corrected chi connectivity index (χ1v) is 6.53. The summed E-state index contributed by atoms with van der Waals surface area (Å²) in [6.45, 7) is 6.11. The summed E-state index contributed by atoms with van der Waals surface area (Å²) in [5.41, 5.74) is 7.12. The minimum absolute atomic E-state index is 0.0411. The molecule has 20 heavy (non-hydrogen) atoms. The van der Waals surface area contributed by atoms with Crippen LogP contribution in [0.4, 0.5) is 5.69 Å². The second-order valence-corrected chi connectivity index (χ2v) is 5.80. The molecular formula is C15H20N4O. The monoisotopic (exact) mass is 272 g/mol. The highest BCUT2D eigenvalue weighted by molar-refractivity contribution is 5.77. The van der Waals surface area contributed by atoms with E-state index in [9.17, 15) is 4.79 Å². The molecule has 0 spiro atoms. The highest BCUT2D eigenvalue weighted by Gasteiger charge is 2.15. The molecule has 0 radical (unpaired) electrons. The van der Waals surface area contributed by atoms with Gasteiger partial charge in [0.25, 0.3) is 0 Å². The number of anilines is 1. The van der Waals surface area contributed by atoms with Gasteiger partial charge in [0.05, 0.1) is 0 Å². The number of carbonyl (C=O) groups excluding carboxylic acids is 1. The van der Waals surface area contributed by atoms with Crippen LogP contribution in [0.2, 0.25) is 0 Å². The Balaban J connectivity index is 2.19. The molecule has 1 heterocycles. The highest BCUT2D eigenvalue weighted by Crippen LogP contribution is 2.19. The molecule has 0 fully saturated rings. The second kappa shape index (κ2) is 5.36. The highest BCUT2D eigenvalue weighted by atomic mass is 16.2. The van der Waals surface area contributed by atoms with Crippen LogP contribution in [-0.2, 0) is 11.3 Å². The summed E-state index contributed by atoms with van der Waals surface area (Å²) in [6.07, 6.45) is 3.48. The lowest BCUT2D eigenvalue weighted by Crippen LogP contribution is -2.42. The SMILES string of the molecule is CC(C)(C)NC(=O)Cn1ccnc1-c1cccc(N)c1. The van der Waals surface area contributed by atoms with Crippen LogP contribution in [-0.4, -0.2) is 21.0 Å². The summed E-state index contributed by atoms with van der Waals surface area (Å²) < 4.78 is 1.82. The first kappa shape index (κ1) is 14.1. The molecule has 5 nitrogen and oxygen atoms in total. The van der Waals surface area contributed by atoms with Crippen LogP contribution >= 0.6 is 0 Å². The van der Waals surface area contributed by atoms with Gasteiger partial charge >= 0.3 is 0 Å². The van der Waals surface area contributed by atoms with Crippen LogP contribution in [0.15, 0.2) is 36.7 Å². The summed E-state index contributed by atoms with van der Waals surface area (Å²) in [5, 5.41) is 2.94. The molecule has 0 aliphatic carbocycles. The zero-order valence-electron chi connectivity index (χ0n) is 12.1. The van der Waals surface area contributed by atoms with Crippen molar-refractivity contribution in [3.8, 4) is 11.4 Å². The molecule has 0 unspecified atom stereocenters. The normalized spacial score (nSPS) is 11.3. The maximum atomic E-state index is 12.0. The summed E-state index contributed by atoms with van der Waals surface area (Å²) in [7, 11) is 0. The number of carbonyl (C=O) groups is 1. The van der Waals surface area contributed by atoms with Gasteiger partial charge in [0, 0.05) is 29.2 Å². The van der Waals surface area contributed by atoms with E-state index in [1.807, 2.05) is 49.6 Å². The van der Waals surface area contributed by atoms with Gasteiger partial charge in [0.1, 0.15) is 12.4 Å². The van der Waals surface area contributed by atoms with Gasteiger partial charge in [-0.15, -0.1) is 0 Å². The van der Waals surface area contributed by atoms with Crippen molar-refractivity contribution in [1.82, 2.24) is 14.9 Å². The number of nitrogens with zero attached hydrogens (tertiary/aromatic N) is 2. The van der Waals surface area contributed by atoms with Crippen molar-refractivity contribution in [3.05, 3.63) is 36.7 Å². The third-order valence-electron chi connectivity index (χ3n) is 2.69. The molecule has 106 valence electrons. The number of aromatic nitrogens is 2. The molecular weight excluding hydrogens is 252 g/mol. The fourth-order valence-electron chi connectivity index (χ4n) is 1.99. The van der Waals surface area contributed by atoms with Crippen LogP contribution in [0.5, 0.6) is 0 Å². The number of rotatable bonds is 3. The van der Waals surface area contributed by atoms with Crippen LogP contribution in [0, 0.1) is 0 Å². The number of nitrogens with one attached hydrogen (secondary N) is 1. The summed E-state index contributed by atoms with van der Waals surface area (Å²) in [5.74, 6) is 0.696. The van der Waals surface area contributed by atoms with Gasteiger partial charge < -0.3 is 15.6 Å². The third kappa shape index (κ3) is 3.60. The second-order valence-electron chi connectivity index (χ2n) is 5.80. The molecule has 1 aromatic heterocycles. The van der Waals surface area contributed by atoms with E-state index in [0.717, 1.165) is 11.4 Å². The molecule has 0 bridgehead atoms. The number of nitrogen functional groups attached to an aromatic ring is 1. The Labute approximate surface area is 118 Å². The number of imidazole rings is 1. The average Bonchev–Trinajstić information content (AvgIpc) is 2.74. The van der Waals surface area contributed by atoms with E-state index in [1.165, 1.54) is 0 Å². The molecule has 0 atom stereocenters. The number of amides is 1. The van der Waals surface area contributed by atoms with Gasteiger partial charge in [0.15, 0.2) is 0 Å². The Bertz CT molecular complexity index is 610. The number of hydrogen-bond acceptors (Lipinski definition) is 3. The maximum Gasteiger partial charge on any atom is 0.240 e. The molecule has 5 heteroatoms. The smallest absolute Gasteiger partial charge is 0.240 e. The van der Waals surface area contributed by atoms with Gasteiger partial charge in [-0.1, -0.05) is 12.1 Å². The zero-order chi connectivity index (χ0) is 14.8. The van der Waals surface area contributed by atoms with Crippen molar-refractivity contribution in [2.24, 2.45) is 0 Å². The lowest BCUT2D eigenvalue weighted by atomic mass is 10.1. The quantitative estimate of drug-likeness (QED) is 0.840. The van der Waals surface area contributed by atoms with E-state index in [2.05, 4.69) is 10.3 Å². The Hall–Kier alpha value is -2.30. The van der Waals surface area contributed by atoms with Crippen molar-refractivity contribution in [1.29, 1.82) is 0 Å². The van der Waals surface area contributed by atoms with Crippen molar-refractivity contribution in [2.45, 2.75) is 32.9 Å². The average molecular weight is 272 g/mol. The molecule has 2 rings (SSSR count). The van der Waals surface area contributed by atoms with Crippen LogP contribution in [0.1, 0.15) is 20.8 Å². The van der Waals surface area contributed by atoms with Gasteiger partial charge in [-0.25, -0.2) is 4.98 Å². The molecule has 1 amide bonds. The van der Waals surface area contributed by atoms with E-state index >= 15 is 0 Å². The van der Waals surface area contributed by atoms with Crippen molar-refractivity contribution in [3.63, 3.8) is 0 Å². The van der Waals surface area contributed by atoms with Crippen LogP contribution in [0.25, 0.3) is 11.4 Å². The molecule has 3 N–H and O–H groups in total. The Morgan fingerprint density at radius 1 is 1.40 bits per heavy atom. The molecule has 2 aromatic rings. The van der Waals surface area contributed by atoms with Crippen molar-refractivity contribution < 1.29 is 4.79 Å². The fourth-order valence-corrected chi connectivity index (χ4v) is 1.99. The minimum atomic E-state index is -0.241. The number of hydrogen-bond donors (Lipinski definition) is 2. The summed E-state index contributed by atoms with van der Waals surface area (Å²) in [4.78, 5) is 16.3. The first-order chi connectivity index (χ1) is 9.35. The maximum absolute atomic E-state index is 12.0. The fraction of sp³-hybridized carbons (Fsp3) is 0.333. The van der Waals surface area contributed by atoms with Gasteiger partial charge in [0.2, 0.25) is 5.91 Å².